The first kappa shape index (κ1) is 55.0. The molecule has 2 aliphatic heterocycles. The van der Waals surface area contributed by atoms with Crippen LogP contribution >= 0.6 is 0 Å². The Labute approximate surface area is 442 Å². The van der Waals surface area contributed by atoms with Gasteiger partial charge in [0.25, 0.3) is 5.91 Å². The quantitative estimate of drug-likeness (QED) is 0.0129. The van der Waals surface area contributed by atoms with Crippen LogP contribution in [0.1, 0.15) is 103 Å². The normalized spacial score (nSPS) is 29.8. The van der Waals surface area contributed by atoms with Crippen LogP contribution in [-0.4, -0.2) is 151 Å². The Morgan fingerprint density at radius 1 is 0.987 bits per heavy atom. The molecule has 2 fully saturated rings. The second-order valence-electron chi connectivity index (χ2n) is 21.0. The Balaban J connectivity index is 1.26. The number of phenols is 4. The topological polar surface area (TPSA) is 392 Å². The van der Waals surface area contributed by atoms with E-state index in [1.54, 1.807) is 18.5 Å². The minimum absolute atomic E-state index is 0.0190. The van der Waals surface area contributed by atoms with Crippen molar-refractivity contribution < 1.29 is 80.3 Å². The summed E-state index contributed by atoms with van der Waals surface area (Å²) < 4.78 is 11.0. The highest BCUT2D eigenvalue weighted by Gasteiger charge is 2.72. The maximum atomic E-state index is 15.6. The molecule has 3 aromatic carbocycles. The third-order valence-corrected chi connectivity index (χ3v) is 16.8. The molecule has 9 rings (SSSR count). The van der Waals surface area contributed by atoms with Gasteiger partial charge < -0.3 is 87.2 Å². The molecule has 3 aliphatic carbocycles. The molecule has 22 heteroatoms. The van der Waals surface area contributed by atoms with E-state index in [0.717, 1.165) is 34.0 Å². The number of carboxylic acids is 1. The number of carbonyl (C=O) groups excluding carboxylic acids is 1. The van der Waals surface area contributed by atoms with Crippen LogP contribution in [0.3, 0.4) is 0 Å². The lowest BCUT2D eigenvalue weighted by Gasteiger charge is -2.58. The summed E-state index contributed by atoms with van der Waals surface area (Å²) in [5.41, 5.74) is 10.7. The highest BCUT2D eigenvalue weighted by Crippen LogP contribution is 2.72. The van der Waals surface area contributed by atoms with Crippen LogP contribution in [0.2, 0.25) is 0 Å². The number of aliphatic hydroxyl groups excluding tert-OH is 6. The van der Waals surface area contributed by atoms with Crippen LogP contribution in [0.25, 0.3) is 6.08 Å². The molecule has 4 aromatic rings. The third kappa shape index (κ3) is 9.32. The summed E-state index contributed by atoms with van der Waals surface area (Å²) in [7, 11) is 0. The molecule has 1 amide bonds. The van der Waals surface area contributed by atoms with Crippen molar-refractivity contribution >= 4 is 29.6 Å². The van der Waals surface area contributed by atoms with Crippen LogP contribution in [-0.2, 0) is 39.0 Å². The van der Waals surface area contributed by atoms with Crippen LogP contribution in [0.4, 0.5) is 5.69 Å². The number of nitrogens with one attached hydrogen (secondary N) is 1. The highest BCUT2D eigenvalue weighted by molar-refractivity contribution is 6.13. The van der Waals surface area contributed by atoms with Crippen molar-refractivity contribution in [1.29, 1.82) is 0 Å². The number of H-pyrrole nitrogens is 1. The molecule has 0 spiro atoms. The zero-order chi connectivity index (χ0) is 55.3. The standard InChI is InChI=1S/C55H68N6O16/c1-2-34-35(60-26-59-34)21-30-20-27(11-17-37(30)65)12-18-41(67)61-36-22-39(76-55(75)50(72)49(71)47(69)40(25-63)77-55)46(68)48(70)42(36)45-44(29(23-53(45,61)51(73)74)14-16-33(64)9-5-19-58-52(56)57)54-31(7-4-8-32(54)24-62)15-13-28-6-3-10-38(66)43(28)54/h3,6,10-12,17-18,20,22-23,26,31-33,40,44-45,47,49-50,62-66,68-72,75H,2,4-5,7-9,13-16,19,21,24-25H2,1H3,(H,59,60)(H,73,74)(H4,56,57,58). The number of aliphatic carboxylic acids is 1. The monoisotopic (exact) mass is 1070 g/mol. The number of phenolic OH excluding ortho intramolecular Hbond substituents is 4. The first-order valence-electron chi connectivity index (χ1n) is 26.1. The highest BCUT2D eigenvalue weighted by atomic mass is 16.8. The number of aryl methyl sites for hydroxylation is 2. The summed E-state index contributed by atoms with van der Waals surface area (Å²) >= 11 is 0. The molecule has 1 saturated carbocycles. The van der Waals surface area contributed by atoms with Crippen molar-refractivity contribution in [2.75, 3.05) is 24.7 Å². The van der Waals surface area contributed by atoms with Crippen molar-refractivity contribution in [2.24, 2.45) is 34.2 Å². The Hall–Kier alpha value is -6.76. The maximum Gasteiger partial charge on any atom is 0.355 e. The maximum absolute atomic E-state index is 15.6. The van der Waals surface area contributed by atoms with Crippen LogP contribution in [0.15, 0.2) is 71.5 Å². The average Bonchev–Trinajstić information content (AvgIpc) is 4.25. The lowest BCUT2D eigenvalue weighted by molar-refractivity contribution is -0.422. The smallest absolute Gasteiger partial charge is 0.355 e. The number of rotatable bonds is 18. The van der Waals surface area contributed by atoms with Gasteiger partial charge in [-0.3, -0.25) is 14.7 Å². The Morgan fingerprint density at radius 3 is 2.48 bits per heavy atom. The van der Waals surface area contributed by atoms with E-state index in [9.17, 15) is 66.1 Å². The zero-order valence-electron chi connectivity index (χ0n) is 42.4. The predicted octanol–water partition coefficient (Wildman–Crippen LogP) is 1.89. The lowest BCUT2D eigenvalue weighted by Crippen LogP contribution is -2.67. The van der Waals surface area contributed by atoms with Gasteiger partial charge in [0.2, 0.25) is 5.75 Å². The number of hydrogen-bond donors (Lipinski definition) is 15. The van der Waals surface area contributed by atoms with Crippen LogP contribution in [0, 0.1) is 17.8 Å². The first-order valence-corrected chi connectivity index (χ1v) is 26.1. The van der Waals surface area contributed by atoms with Gasteiger partial charge in [-0.1, -0.05) is 37.1 Å². The molecule has 0 bridgehead atoms. The minimum Gasteiger partial charge on any atom is -0.508 e. The van der Waals surface area contributed by atoms with E-state index in [4.69, 9.17) is 20.9 Å². The fourth-order valence-corrected chi connectivity index (χ4v) is 13.5. The summed E-state index contributed by atoms with van der Waals surface area (Å²) in [4.78, 5) is 42.8. The van der Waals surface area contributed by atoms with Crippen LogP contribution in [0.5, 0.6) is 28.7 Å². The van der Waals surface area contributed by atoms with Gasteiger partial charge in [0.15, 0.2) is 29.1 Å². The van der Waals surface area contributed by atoms with E-state index in [1.165, 1.54) is 30.4 Å². The number of fused-ring (bicyclic) bond motifs is 6. The van der Waals surface area contributed by atoms with Crippen molar-refractivity contribution in [3.63, 3.8) is 0 Å². The number of ether oxygens (including phenoxy) is 2. The third-order valence-electron chi connectivity index (χ3n) is 16.8. The largest absolute Gasteiger partial charge is 0.508 e. The number of aliphatic hydroxyl groups is 7. The van der Waals surface area contributed by atoms with Gasteiger partial charge in [-0.15, -0.1) is 0 Å². The van der Waals surface area contributed by atoms with Gasteiger partial charge in [0.1, 0.15) is 29.8 Å². The van der Waals surface area contributed by atoms with Gasteiger partial charge in [-0.05, 0) is 111 Å². The number of carboxylic acid groups (broad SMARTS) is 1. The molecule has 17 N–H and O–H groups in total. The van der Waals surface area contributed by atoms with E-state index in [1.807, 2.05) is 13.0 Å². The van der Waals surface area contributed by atoms with Crippen molar-refractivity contribution in [3.8, 4) is 28.7 Å². The number of nitrogens with two attached hydrogens (primary N) is 2. The van der Waals surface area contributed by atoms with Gasteiger partial charge in [0, 0.05) is 71.3 Å². The fourth-order valence-electron chi connectivity index (χ4n) is 13.5. The number of hydrogen-bond acceptors (Lipinski definition) is 17. The number of nitrogens with zero attached hydrogens (tertiary/aromatic N) is 3. The second-order valence-corrected chi connectivity index (χ2v) is 21.0. The number of aromatic nitrogens is 2. The molecular formula is C55H68N6O16. The Morgan fingerprint density at radius 2 is 1.77 bits per heavy atom. The molecular weight excluding hydrogens is 1000 g/mol. The molecule has 1 aromatic heterocycles. The molecule has 1 saturated heterocycles. The number of aromatic hydroxyl groups is 4. The molecule has 0 radical (unpaired) electrons. The summed E-state index contributed by atoms with van der Waals surface area (Å²) in [6.45, 7) is 0.752. The summed E-state index contributed by atoms with van der Waals surface area (Å²) in [5.74, 6) is -12.9. The van der Waals surface area contributed by atoms with Gasteiger partial charge in [-0.25, -0.2) is 9.78 Å². The van der Waals surface area contributed by atoms with Crippen molar-refractivity contribution in [3.05, 3.63) is 106 Å². The SMILES string of the molecule is CCc1nc[nH]c1Cc1cc(C=CC(=O)N2c3cc(OC4(O)OC(CO)C(O)C(O)C4O)c(O)c(O)c3C3C(C45c6c(O)cccc6CCC4CCCC5CO)C(CCC(O)CCCN=C(N)N)=CC32C(=O)O)ccc1O. The molecule has 5 aliphatic rings. The zero-order valence-corrected chi connectivity index (χ0v) is 42.4. The number of amides is 1. The first-order chi connectivity index (χ1) is 36.8. The summed E-state index contributed by atoms with van der Waals surface area (Å²) in [5, 5.41) is 137. The van der Waals surface area contributed by atoms with Gasteiger partial charge in [-0.2, -0.15) is 0 Å². The van der Waals surface area contributed by atoms with E-state index < -0.39 is 108 Å². The average molecular weight is 1070 g/mol. The Bertz CT molecular complexity index is 2980. The van der Waals surface area contributed by atoms with E-state index >= 15 is 4.79 Å². The van der Waals surface area contributed by atoms with Crippen molar-refractivity contribution in [1.82, 2.24) is 9.97 Å². The fraction of sp³-hybridized carbons (Fsp3) is 0.491. The van der Waals surface area contributed by atoms with E-state index in [0.29, 0.717) is 67.2 Å². The molecule has 22 nitrogen and oxygen atoms in total. The van der Waals surface area contributed by atoms with Crippen LogP contribution < -0.4 is 21.1 Å². The van der Waals surface area contributed by atoms with Gasteiger partial charge in [0.05, 0.1) is 30.4 Å². The molecule has 414 valence electrons. The number of imidazole rings is 1. The Kier molecular flexibility index (Phi) is 15.4. The number of anilines is 1. The number of allylic oxidation sites excluding steroid dienone is 1. The van der Waals surface area contributed by atoms with Gasteiger partial charge >= 0.3 is 11.9 Å². The summed E-state index contributed by atoms with van der Waals surface area (Å²) in [6.07, 6.45) is 0.493. The number of aromatic amines is 1. The molecule has 12 atom stereocenters. The van der Waals surface area contributed by atoms with Crippen molar-refractivity contribution in [2.45, 2.75) is 131 Å². The van der Waals surface area contributed by atoms with E-state index in [-0.39, 0.29) is 66.9 Å². The van der Waals surface area contributed by atoms with E-state index in [2.05, 4.69) is 15.0 Å². The molecule has 77 heavy (non-hydrogen) atoms. The number of carbonyl (C=O) groups is 2. The number of guanidine groups is 1. The number of benzene rings is 3. The molecule has 12 unspecified atom stereocenters. The molecule has 3 heterocycles. The number of aliphatic imine (C=N–C) groups is 1. The lowest BCUT2D eigenvalue weighted by atomic mass is 9.45. The predicted molar refractivity (Wildman–Crippen MR) is 277 cm³/mol. The second kappa shape index (κ2) is 21.6. The minimum atomic E-state index is -3.35. The summed E-state index contributed by atoms with van der Waals surface area (Å²) in [6, 6.07) is 10.7.